The first-order valence-electron chi connectivity index (χ1n) is 8.64. The first kappa shape index (κ1) is 32.9. The molecule has 0 spiro atoms. The molecule has 1 unspecified atom stereocenters. The number of carbonyl (C=O) groups excluding carboxylic acids is 3. The number of carboxylic acids is 3. The van der Waals surface area contributed by atoms with Crippen molar-refractivity contribution >= 4 is 73.3 Å². The number of carbonyl (C=O) groups is 6. The molecule has 1 amide bonds. The van der Waals surface area contributed by atoms with Crippen molar-refractivity contribution in [1.82, 2.24) is 5.32 Å². The second-order valence-corrected chi connectivity index (χ2v) is 8.18. The molecule has 0 aromatic rings. The van der Waals surface area contributed by atoms with Gasteiger partial charge in [0, 0.05) is 12.8 Å². The molecule has 30 heavy (non-hydrogen) atoms. The first-order chi connectivity index (χ1) is 13.6. The summed E-state index contributed by atoms with van der Waals surface area (Å²) in [6.07, 6.45) is -0.0204. The number of amides is 1. The van der Waals surface area contributed by atoms with Gasteiger partial charge in [0.25, 0.3) is 0 Å². The van der Waals surface area contributed by atoms with Gasteiger partial charge in [-0.05, 0) is 20.8 Å². The fourth-order valence-corrected chi connectivity index (χ4v) is 1.54. The largest absolute Gasteiger partial charge is 0.481 e. The van der Waals surface area contributed by atoms with Gasteiger partial charge in [0.05, 0.1) is 28.6 Å². The summed E-state index contributed by atoms with van der Waals surface area (Å²) < 4.78 is 0. The van der Waals surface area contributed by atoms with Gasteiger partial charge in [0.15, 0.2) is 0 Å². The molecule has 0 heterocycles. The summed E-state index contributed by atoms with van der Waals surface area (Å²) in [5, 5.41) is 25.5. The van der Waals surface area contributed by atoms with Gasteiger partial charge in [-0.15, -0.1) is 0 Å². The summed E-state index contributed by atoms with van der Waals surface area (Å²) in [6.45, 7) is 4.49. The van der Waals surface area contributed by atoms with E-state index in [4.69, 9.17) is 15.3 Å². The van der Waals surface area contributed by atoms with Gasteiger partial charge in [-0.1, -0.05) is 0 Å². The highest BCUT2D eigenvalue weighted by Crippen LogP contribution is 2.01. The molecular weight excluding hydrogens is 458 g/mol. The van der Waals surface area contributed by atoms with Crippen LogP contribution in [0.1, 0.15) is 46.5 Å². The highest BCUT2D eigenvalue weighted by Gasteiger charge is 2.10. The molecule has 10 nitrogen and oxygen atoms in total. The highest BCUT2D eigenvalue weighted by molar-refractivity contribution is 7.82. The van der Waals surface area contributed by atoms with Crippen LogP contribution in [0.4, 0.5) is 0 Å². The van der Waals surface area contributed by atoms with Crippen molar-refractivity contribution in [3.63, 3.8) is 0 Å². The molecule has 3 atom stereocenters. The minimum absolute atomic E-state index is 0.0833. The van der Waals surface area contributed by atoms with E-state index in [0.717, 1.165) is 0 Å². The zero-order chi connectivity index (χ0) is 24.4. The monoisotopic (exact) mass is 487 g/mol. The van der Waals surface area contributed by atoms with Crippen LogP contribution < -0.4 is 5.32 Å². The van der Waals surface area contributed by atoms with Crippen molar-refractivity contribution in [3.05, 3.63) is 0 Å². The third-order valence-corrected chi connectivity index (χ3v) is 3.71. The van der Waals surface area contributed by atoms with Crippen LogP contribution in [-0.4, -0.2) is 73.0 Å². The third kappa shape index (κ3) is 26.3. The zero-order valence-corrected chi connectivity index (χ0v) is 19.6. The maximum Gasteiger partial charge on any atom is 0.322 e. The molecule has 13 heteroatoms. The Labute approximate surface area is 191 Å². The fraction of sp³-hybridized carbons (Fsp3) is 0.647. The summed E-state index contributed by atoms with van der Waals surface area (Å²) in [5.74, 6) is -3.55. The molecule has 0 saturated heterocycles. The number of carboxylic acid groups (broad SMARTS) is 3. The minimum atomic E-state index is -1.05. The Hall–Kier alpha value is -1.73. The predicted molar refractivity (Wildman–Crippen MR) is 120 cm³/mol. The maximum absolute atomic E-state index is 10.7. The van der Waals surface area contributed by atoms with Crippen LogP contribution >= 0.6 is 37.9 Å². The number of ketones is 2. The van der Waals surface area contributed by atoms with E-state index in [2.05, 4.69) is 43.2 Å². The summed E-state index contributed by atoms with van der Waals surface area (Å²) in [6, 6.07) is 0. The Kier molecular flexibility index (Phi) is 21.1. The highest BCUT2D eigenvalue weighted by atomic mass is 32.1. The normalized spacial score (nSPS) is 12.5. The standard InChI is InChI=1S/2C6H10O3S.C5H9NO3S/c2*1-4(10)5(7)2-3-6(8)9;1-3(10)5(9)6-2-4(7)8/h2*4,10H,2-3H2,1H3,(H,8,9);3,10H,2H2,1H3,(H,6,9)(H,7,8)/t4-;;3-/m1.0/s1. The van der Waals surface area contributed by atoms with Crippen molar-refractivity contribution in [2.75, 3.05) is 6.54 Å². The van der Waals surface area contributed by atoms with Crippen molar-refractivity contribution in [2.45, 2.75) is 62.2 Å². The van der Waals surface area contributed by atoms with E-state index in [-0.39, 0.29) is 60.2 Å². The number of hydrogen-bond acceptors (Lipinski definition) is 9. The van der Waals surface area contributed by atoms with Gasteiger partial charge in [-0.3, -0.25) is 28.8 Å². The molecule has 0 aliphatic rings. The first-order valence-corrected chi connectivity index (χ1v) is 10.2. The van der Waals surface area contributed by atoms with Gasteiger partial charge >= 0.3 is 17.9 Å². The van der Waals surface area contributed by atoms with Gasteiger partial charge in [-0.2, -0.15) is 37.9 Å². The van der Waals surface area contributed by atoms with E-state index in [9.17, 15) is 28.8 Å². The second kappa shape index (κ2) is 19.2. The van der Waals surface area contributed by atoms with Crippen LogP contribution in [0.3, 0.4) is 0 Å². The van der Waals surface area contributed by atoms with Crippen molar-refractivity contribution < 1.29 is 44.1 Å². The maximum atomic E-state index is 10.7. The van der Waals surface area contributed by atoms with E-state index < -0.39 is 23.2 Å². The average molecular weight is 488 g/mol. The minimum Gasteiger partial charge on any atom is -0.481 e. The van der Waals surface area contributed by atoms with E-state index >= 15 is 0 Å². The molecule has 4 N–H and O–H groups in total. The lowest BCUT2D eigenvalue weighted by atomic mass is 10.2. The van der Waals surface area contributed by atoms with Crippen LogP contribution in [-0.2, 0) is 28.8 Å². The molecule has 0 aliphatic carbocycles. The molecule has 0 bridgehead atoms. The predicted octanol–water partition coefficient (Wildman–Crippen LogP) is 0.983. The summed E-state index contributed by atoms with van der Waals surface area (Å²) in [4.78, 5) is 61.8. The number of nitrogens with one attached hydrogen (secondary N) is 1. The summed E-state index contributed by atoms with van der Waals surface area (Å²) in [5.41, 5.74) is 0. The lowest BCUT2D eigenvalue weighted by molar-refractivity contribution is -0.139. The number of aliphatic carboxylic acids is 3. The smallest absolute Gasteiger partial charge is 0.322 e. The van der Waals surface area contributed by atoms with Crippen molar-refractivity contribution in [3.8, 4) is 0 Å². The Balaban J connectivity index is -0.000000364. The van der Waals surface area contributed by atoms with E-state index in [1.165, 1.54) is 0 Å². The molecule has 0 aliphatic heterocycles. The summed E-state index contributed by atoms with van der Waals surface area (Å²) in [7, 11) is 0. The van der Waals surface area contributed by atoms with E-state index in [0.29, 0.717) is 0 Å². The summed E-state index contributed by atoms with van der Waals surface area (Å²) >= 11 is 11.5. The van der Waals surface area contributed by atoms with Crippen LogP contribution in [0.15, 0.2) is 0 Å². The molecule has 0 fully saturated rings. The van der Waals surface area contributed by atoms with E-state index in [1.54, 1.807) is 20.8 Å². The topological polar surface area (TPSA) is 175 Å². The zero-order valence-electron chi connectivity index (χ0n) is 16.9. The lowest BCUT2D eigenvalue weighted by Gasteiger charge is -2.02. The molecule has 0 rings (SSSR count). The molecule has 0 saturated carbocycles. The van der Waals surface area contributed by atoms with E-state index in [1.807, 2.05) is 0 Å². The number of hydrogen-bond donors (Lipinski definition) is 7. The quantitative estimate of drug-likeness (QED) is 0.209. The molecule has 0 aromatic carbocycles. The van der Waals surface area contributed by atoms with Crippen molar-refractivity contribution in [2.24, 2.45) is 0 Å². The average Bonchev–Trinajstić information content (AvgIpc) is 2.62. The van der Waals surface area contributed by atoms with Gasteiger partial charge in [-0.25, -0.2) is 0 Å². The molecule has 0 aromatic heterocycles. The SMILES string of the molecule is CC(S)C(=O)CCC(=O)O.C[C@@H](S)C(=O)CCC(=O)O.C[C@H](S)C(=O)NCC(=O)O. The van der Waals surface area contributed by atoms with Crippen LogP contribution in [0, 0.1) is 0 Å². The molecular formula is C17H29NO9S3. The Morgan fingerprint density at radius 2 is 0.967 bits per heavy atom. The lowest BCUT2D eigenvalue weighted by Crippen LogP contribution is -2.33. The number of thiol groups is 3. The van der Waals surface area contributed by atoms with Crippen LogP contribution in [0.25, 0.3) is 0 Å². The number of rotatable bonds is 11. The van der Waals surface area contributed by atoms with Crippen LogP contribution in [0.5, 0.6) is 0 Å². The van der Waals surface area contributed by atoms with Crippen molar-refractivity contribution in [1.29, 1.82) is 0 Å². The van der Waals surface area contributed by atoms with Gasteiger partial charge < -0.3 is 20.6 Å². The third-order valence-electron chi connectivity index (χ3n) is 2.90. The van der Waals surface area contributed by atoms with Crippen LogP contribution in [0.2, 0.25) is 0 Å². The second-order valence-electron chi connectivity index (χ2n) is 5.86. The molecule has 0 radical (unpaired) electrons. The Bertz CT molecular complexity index is 512. The fourth-order valence-electron chi connectivity index (χ4n) is 1.19. The molecule has 174 valence electrons. The Morgan fingerprint density at radius 1 is 0.633 bits per heavy atom. The number of Topliss-reactive ketones (excluding diaryl/α,β-unsaturated/α-hetero) is 2. The Morgan fingerprint density at radius 3 is 1.17 bits per heavy atom. The van der Waals surface area contributed by atoms with Gasteiger partial charge in [0.1, 0.15) is 18.1 Å². The van der Waals surface area contributed by atoms with Gasteiger partial charge in [0.2, 0.25) is 5.91 Å².